The first-order valence-corrected chi connectivity index (χ1v) is 11.1. The first-order valence-electron chi connectivity index (χ1n) is 11.1. The summed E-state index contributed by atoms with van der Waals surface area (Å²) in [6, 6.07) is 12.9. The van der Waals surface area contributed by atoms with E-state index in [-0.39, 0.29) is 24.8 Å². The monoisotopic (exact) mass is 471 g/mol. The molecule has 1 aliphatic rings. The average molecular weight is 472 g/mol. The molecule has 2 aromatic carbocycles. The molecule has 3 amide bonds. The maximum Gasteiger partial charge on any atom is 0.410 e. The third kappa shape index (κ3) is 7.47. The molecule has 9 heteroatoms. The molecule has 1 unspecified atom stereocenters. The fraction of sp³-hybridized carbons (Fsp3) is 0.400. The molecule has 2 N–H and O–H groups in total. The highest BCUT2D eigenvalue weighted by Gasteiger charge is 2.29. The van der Waals surface area contributed by atoms with Crippen LogP contribution in [0.2, 0.25) is 0 Å². The van der Waals surface area contributed by atoms with Gasteiger partial charge < -0.3 is 25.0 Å². The molecule has 2 aromatic rings. The molecular formula is C25H30FN3O5. The lowest BCUT2D eigenvalue weighted by Gasteiger charge is -2.20. The van der Waals surface area contributed by atoms with E-state index in [2.05, 4.69) is 10.6 Å². The Labute approximate surface area is 198 Å². The topological polar surface area (TPSA) is 97.0 Å². The van der Waals surface area contributed by atoms with Crippen molar-refractivity contribution in [1.29, 1.82) is 0 Å². The molecule has 1 heterocycles. The Bertz CT molecular complexity index is 1020. The van der Waals surface area contributed by atoms with Crippen molar-refractivity contribution in [2.45, 2.75) is 52.0 Å². The third-order valence-electron chi connectivity index (χ3n) is 5.13. The van der Waals surface area contributed by atoms with E-state index < -0.39 is 29.5 Å². The van der Waals surface area contributed by atoms with E-state index in [4.69, 9.17) is 9.47 Å². The van der Waals surface area contributed by atoms with E-state index in [1.54, 1.807) is 20.8 Å². The third-order valence-corrected chi connectivity index (χ3v) is 5.13. The number of rotatable bonds is 6. The molecule has 0 bridgehead atoms. The van der Waals surface area contributed by atoms with Crippen LogP contribution in [-0.2, 0) is 22.6 Å². The van der Waals surface area contributed by atoms with Crippen molar-refractivity contribution in [3.63, 3.8) is 0 Å². The number of likely N-dealkylation sites (tertiary alicyclic amines) is 1. The van der Waals surface area contributed by atoms with Crippen molar-refractivity contribution in [3.8, 4) is 0 Å². The lowest BCUT2D eigenvalue weighted by molar-refractivity contribution is 0.0522. The van der Waals surface area contributed by atoms with Crippen LogP contribution in [0.15, 0.2) is 48.5 Å². The van der Waals surface area contributed by atoms with Crippen molar-refractivity contribution in [2.75, 3.05) is 13.1 Å². The van der Waals surface area contributed by atoms with Gasteiger partial charge in [-0.3, -0.25) is 4.79 Å². The quantitative estimate of drug-likeness (QED) is 0.664. The van der Waals surface area contributed by atoms with Gasteiger partial charge in [0.25, 0.3) is 5.91 Å². The van der Waals surface area contributed by atoms with Gasteiger partial charge in [0, 0.05) is 31.2 Å². The number of nitrogens with zero attached hydrogens (tertiary/aromatic N) is 1. The number of benzene rings is 2. The normalized spacial score (nSPS) is 15.5. The van der Waals surface area contributed by atoms with Crippen molar-refractivity contribution >= 4 is 18.1 Å². The second-order valence-corrected chi connectivity index (χ2v) is 9.10. The Hall–Kier alpha value is -3.62. The maximum absolute atomic E-state index is 13.9. The second kappa shape index (κ2) is 11.0. The fourth-order valence-electron chi connectivity index (χ4n) is 3.51. The molecule has 0 aliphatic carbocycles. The highest BCUT2D eigenvalue weighted by Crippen LogP contribution is 2.16. The van der Waals surface area contributed by atoms with Crippen LogP contribution in [0.3, 0.4) is 0 Å². The maximum atomic E-state index is 13.9. The van der Waals surface area contributed by atoms with E-state index in [0.29, 0.717) is 25.1 Å². The number of halogens is 1. The minimum Gasteiger partial charge on any atom is -0.445 e. The van der Waals surface area contributed by atoms with E-state index in [1.807, 2.05) is 30.3 Å². The second-order valence-electron chi connectivity index (χ2n) is 9.10. The number of hydrogen-bond acceptors (Lipinski definition) is 5. The van der Waals surface area contributed by atoms with Crippen LogP contribution in [0.5, 0.6) is 0 Å². The van der Waals surface area contributed by atoms with Gasteiger partial charge in [-0.2, -0.15) is 0 Å². The largest absolute Gasteiger partial charge is 0.445 e. The molecule has 182 valence electrons. The smallest absolute Gasteiger partial charge is 0.410 e. The SMILES string of the molecule is CC(C)(C)OC(=O)NCc1ccc(F)cc1C(=O)NC1CCN(C(=O)OCc2ccccc2)C1. The van der Waals surface area contributed by atoms with E-state index in [9.17, 15) is 18.8 Å². The Balaban J connectivity index is 1.54. The molecule has 0 aromatic heterocycles. The Morgan fingerprint density at radius 3 is 2.56 bits per heavy atom. The molecule has 0 spiro atoms. The Kier molecular flexibility index (Phi) is 8.09. The average Bonchev–Trinajstić information content (AvgIpc) is 3.24. The van der Waals surface area contributed by atoms with Crippen LogP contribution in [0.4, 0.5) is 14.0 Å². The van der Waals surface area contributed by atoms with Gasteiger partial charge >= 0.3 is 12.2 Å². The molecule has 34 heavy (non-hydrogen) atoms. The predicted molar refractivity (Wildman–Crippen MR) is 124 cm³/mol. The first kappa shape index (κ1) is 25.0. The number of carbonyl (C=O) groups excluding carboxylic acids is 3. The van der Waals surface area contributed by atoms with Crippen LogP contribution >= 0.6 is 0 Å². The zero-order valence-electron chi connectivity index (χ0n) is 19.6. The number of amides is 3. The Morgan fingerprint density at radius 1 is 1.12 bits per heavy atom. The predicted octanol–water partition coefficient (Wildman–Crippen LogP) is 3.99. The highest BCUT2D eigenvalue weighted by atomic mass is 19.1. The van der Waals surface area contributed by atoms with Crippen LogP contribution in [-0.4, -0.2) is 47.7 Å². The molecule has 1 fully saturated rings. The Morgan fingerprint density at radius 2 is 1.85 bits per heavy atom. The zero-order chi connectivity index (χ0) is 24.7. The lowest BCUT2D eigenvalue weighted by Crippen LogP contribution is -2.39. The van der Waals surface area contributed by atoms with Gasteiger partial charge in [-0.15, -0.1) is 0 Å². The number of alkyl carbamates (subject to hydrolysis) is 1. The van der Waals surface area contributed by atoms with Gasteiger partial charge in [-0.1, -0.05) is 36.4 Å². The molecule has 0 radical (unpaired) electrons. The summed E-state index contributed by atoms with van der Waals surface area (Å²) in [6.45, 7) is 6.13. The summed E-state index contributed by atoms with van der Waals surface area (Å²) < 4.78 is 24.4. The highest BCUT2D eigenvalue weighted by molar-refractivity contribution is 5.96. The first-order chi connectivity index (χ1) is 16.1. The van der Waals surface area contributed by atoms with Crippen LogP contribution < -0.4 is 10.6 Å². The lowest BCUT2D eigenvalue weighted by atomic mass is 10.1. The van der Waals surface area contributed by atoms with Crippen molar-refractivity contribution in [2.24, 2.45) is 0 Å². The summed E-state index contributed by atoms with van der Waals surface area (Å²) in [7, 11) is 0. The van der Waals surface area contributed by atoms with Gasteiger partial charge in [-0.25, -0.2) is 14.0 Å². The zero-order valence-corrected chi connectivity index (χ0v) is 19.6. The number of nitrogens with one attached hydrogen (secondary N) is 2. The van der Waals surface area contributed by atoms with E-state index in [1.165, 1.54) is 17.0 Å². The van der Waals surface area contributed by atoms with Crippen LogP contribution in [0.1, 0.15) is 48.7 Å². The van der Waals surface area contributed by atoms with Gasteiger partial charge in [-0.05, 0) is 50.5 Å². The summed E-state index contributed by atoms with van der Waals surface area (Å²) in [5, 5.41) is 5.43. The van der Waals surface area contributed by atoms with Crippen LogP contribution in [0.25, 0.3) is 0 Å². The molecule has 3 rings (SSSR count). The minimum absolute atomic E-state index is 0.000546. The molecule has 1 atom stereocenters. The van der Waals surface area contributed by atoms with E-state index >= 15 is 0 Å². The summed E-state index contributed by atoms with van der Waals surface area (Å²) in [5.74, 6) is -1.05. The molecule has 1 aliphatic heterocycles. The van der Waals surface area contributed by atoms with Crippen molar-refractivity contribution in [1.82, 2.24) is 15.5 Å². The summed E-state index contributed by atoms with van der Waals surface area (Å²) >= 11 is 0. The van der Waals surface area contributed by atoms with Crippen molar-refractivity contribution < 1.29 is 28.2 Å². The molecular weight excluding hydrogens is 441 g/mol. The van der Waals surface area contributed by atoms with Crippen molar-refractivity contribution in [3.05, 3.63) is 71.0 Å². The summed E-state index contributed by atoms with van der Waals surface area (Å²) in [4.78, 5) is 38.7. The number of hydrogen-bond donors (Lipinski definition) is 2. The number of ether oxygens (including phenoxy) is 2. The summed E-state index contributed by atoms with van der Waals surface area (Å²) in [6.07, 6.45) is -0.537. The fourth-order valence-corrected chi connectivity index (χ4v) is 3.51. The number of carbonyl (C=O) groups is 3. The molecule has 1 saturated heterocycles. The van der Waals surface area contributed by atoms with Gasteiger partial charge in [0.2, 0.25) is 0 Å². The summed E-state index contributed by atoms with van der Waals surface area (Å²) in [5.41, 5.74) is 0.783. The molecule has 8 nitrogen and oxygen atoms in total. The van der Waals surface area contributed by atoms with E-state index in [0.717, 1.165) is 11.6 Å². The minimum atomic E-state index is -0.663. The van der Waals surface area contributed by atoms with Gasteiger partial charge in [0.15, 0.2) is 0 Å². The van der Waals surface area contributed by atoms with Gasteiger partial charge in [0.1, 0.15) is 18.0 Å². The van der Waals surface area contributed by atoms with Crippen LogP contribution in [0, 0.1) is 5.82 Å². The molecule has 0 saturated carbocycles. The van der Waals surface area contributed by atoms with Gasteiger partial charge in [0.05, 0.1) is 0 Å². The standard InChI is InChI=1S/C25H30FN3O5/c1-25(2,3)34-23(31)27-14-18-9-10-19(26)13-21(18)22(30)28-20-11-12-29(15-20)24(32)33-16-17-7-5-4-6-8-17/h4-10,13,20H,11-12,14-16H2,1-3H3,(H,27,31)(H,28,30).